The quantitative estimate of drug-likeness (QED) is 0.730. The summed E-state index contributed by atoms with van der Waals surface area (Å²) in [4.78, 5) is 25.6. The Bertz CT molecular complexity index is 930. The van der Waals surface area contributed by atoms with Crippen LogP contribution < -0.4 is 10.1 Å². The van der Waals surface area contributed by atoms with Crippen LogP contribution in [0.3, 0.4) is 0 Å². The minimum Gasteiger partial charge on any atom is -0.481 e. The number of nitrogens with one attached hydrogen (secondary N) is 1. The van der Waals surface area contributed by atoms with E-state index < -0.39 is 41.9 Å². The second kappa shape index (κ2) is 8.28. The molecule has 3 rings (SSSR count). The molecule has 10 heteroatoms. The number of ether oxygens (including phenoxy) is 1. The summed E-state index contributed by atoms with van der Waals surface area (Å²) in [7, 11) is 0. The van der Waals surface area contributed by atoms with E-state index in [9.17, 15) is 27.2 Å². The monoisotopic (exact) mass is 430 g/mol. The van der Waals surface area contributed by atoms with Crippen LogP contribution in [0, 0.1) is 11.7 Å². The summed E-state index contributed by atoms with van der Waals surface area (Å²) in [5.74, 6) is -2.24. The van der Waals surface area contributed by atoms with Gasteiger partial charge in [0.2, 0.25) is 5.91 Å². The Morgan fingerprint density at radius 1 is 1.17 bits per heavy atom. The largest absolute Gasteiger partial charge is 0.481 e. The number of rotatable bonds is 5. The van der Waals surface area contributed by atoms with Crippen LogP contribution in [-0.2, 0) is 15.8 Å². The number of nitrogens with zero attached hydrogens (tertiary/aromatic N) is 1. The molecule has 0 spiro atoms. The molecule has 1 aliphatic heterocycles. The zero-order chi connectivity index (χ0) is 21.2. The first kappa shape index (κ1) is 20.9. The van der Waals surface area contributed by atoms with Crippen molar-refractivity contribution in [2.75, 3.05) is 25.0 Å². The minimum absolute atomic E-state index is 0.0307. The average molecular weight is 431 g/mol. The van der Waals surface area contributed by atoms with Crippen molar-refractivity contribution in [3.8, 4) is 5.75 Å². The average Bonchev–Trinajstić information content (AvgIpc) is 2.60. The number of para-hydroxylation sites is 1. The van der Waals surface area contributed by atoms with Crippen LogP contribution in [0.15, 0.2) is 42.5 Å². The lowest BCUT2D eigenvalue weighted by Gasteiger charge is -2.38. The van der Waals surface area contributed by atoms with E-state index in [1.807, 2.05) is 0 Å². The van der Waals surface area contributed by atoms with Crippen molar-refractivity contribution in [2.45, 2.75) is 6.18 Å². The van der Waals surface area contributed by atoms with Crippen molar-refractivity contribution in [2.24, 2.45) is 5.92 Å². The van der Waals surface area contributed by atoms with Gasteiger partial charge in [0.15, 0.2) is 18.2 Å². The Balaban J connectivity index is 1.51. The molecule has 29 heavy (non-hydrogen) atoms. The van der Waals surface area contributed by atoms with Crippen LogP contribution in [0.25, 0.3) is 0 Å². The number of likely N-dealkylation sites (tertiary alicyclic amines) is 1. The molecule has 2 aromatic rings. The van der Waals surface area contributed by atoms with E-state index in [-0.39, 0.29) is 29.5 Å². The van der Waals surface area contributed by atoms with Gasteiger partial charge in [-0.1, -0.05) is 23.7 Å². The minimum atomic E-state index is -4.57. The Morgan fingerprint density at radius 2 is 1.86 bits per heavy atom. The van der Waals surface area contributed by atoms with Gasteiger partial charge in [0.1, 0.15) is 0 Å². The molecule has 0 saturated carbocycles. The van der Waals surface area contributed by atoms with E-state index in [1.54, 1.807) is 6.07 Å². The number of carbonyl (C=O) groups excluding carboxylic acids is 2. The van der Waals surface area contributed by atoms with Crippen LogP contribution in [0.5, 0.6) is 5.75 Å². The van der Waals surface area contributed by atoms with E-state index >= 15 is 0 Å². The smallest absolute Gasteiger partial charge is 0.416 e. The van der Waals surface area contributed by atoms with Gasteiger partial charge in [0.25, 0.3) is 5.91 Å². The third-order valence-corrected chi connectivity index (χ3v) is 4.67. The zero-order valence-corrected chi connectivity index (χ0v) is 15.6. The molecular formula is C19H15ClF4N2O3. The Kier molecular flexibility index (Phi) is 5.97. The highest BCUT2D eigenvalue weighted by Gasteiger charge is 2.36. The van der Waals surface area contributed by atoms with Gasteiger partial charge in [0.05, 0.1) is 22.2 Å². The molecule has 2 amide bonds. The number of halogens is 5. The molecule has 0 unspecified atom stereocenters. The van der Waals surface area contributed by atoms with Gasteiger partial charge in [-0.25, -0.2) is 4.39 Å². The van der Waals surface area contributed by atoms with Crippen LogP contribution in [-0.4, -0.2) is 36.4 Å². The maximum atomic E-state index is 13.5. The lowest BCUT2D eigenvalue weighted by atomic mass is 9.99. The second-order valence-corrected chi connectivity index (χ2v) is 6.80. The van der Waals surface area contributed by atoms with Gasteiger partial charge < -0.3 is 15.0 Å². The second-order valence-electron chi connectivity index (χ2n) is 6.40. The highest BCUT2D eigenvalue weighted by atomic mass is 35.5. The number of carbonyl (C=O) groups is 2. The molecule has 5 nitrogen and oxygen atoms in total. The van der Waals surface area contributed by atoms with Gasteiger partial charge in [-0.2, -0.15) is 13.2 Å². The van der Waals surface area contributed by atoms with Crippen molar-refractivity contribution in [1.82, 2.24) is 4.90 Å². The van der Waals surface area contributed by atoms with Gasteiger partial charge in [-0.15, -0.1) is 0 Å². The van der Waals surface area contributed by atoms with Crippen LogP contribution in [0.2, 0.25) is 5.02 Å². The molecule has 1 saturated heterocycles. The molecule has 1 fully saturated rings. The third kappa shape index (κ3) is 4.97. The van der Waals surface area contributed by atoms with Gasteiger partial charge >= 0.3 is 6.18 Å². The summed E-state index contributed by atoms with van der Waals surface area (Å²) in [6.07, 6.45) is -4.57. The molecule has 0 aliphatic carbocycles. The van der Waals surface area contributed by atoms with Crippen molar-refractivity contribution >= 4 is 29.1 Å². The fourth-order valence-electron chi connectivity index (χ4n) is 2.67. The first-order valence-corrected chi connectivity index (χ1v) is 8.85. The van der Waals surface area contributed by atoms with Crippen LogP contribution in [0.1, 0.15) is 5.56 Å². The number of anilines is 1. The highest BCUT2D eigenvalue weighted by Crippen LogP contribution is 2.34. The molecule has 1 N–H and O–H groups in total. The number of hydrogen-bond donors (Lipinski definition) is 1. The van der Waals surface area contributed by atoms with Crippen LogP contribution >= 0.6 is 11.6 Å². The van der Waals surface area contributed by atoms with E-state index in [0.717, 1.165) is 18.2 Å². The number of hydrogen-bond acceptors (Lipinski definition) is 3. The SMILES string of the molecule is O=C(Nc1cc(C(F)(F)F)ccc1Cl)C1CN(C(=O)COc2ccccc2F)C1. The van der Waals surface area contributed by atoms with Gasteiger partial charge in [-0.05, 0) is 30.3 Å². The van der Waals surface area contributed by atoms with Gasteiger partial charge in [-0.3, -0.25) is 9.59 Å². The molecule has 0 bridgehead atoms. The molecule has 0 atom stereocenters. The van der Waals surface area contributed by atoms with Crippen molar-refractivity contribution in [1.29, 1.82) is 0 Å². The number of benzene rings is 2. The topological polar surface area (TPSA) is 58.6 Å². The fraction of sp³-hybridized carbons (Fsp3) is 0.263. The molecule has 1 aliphatic rings. The zero-order valence-electron chi connectivity index (χ0n) is 14.8. The number of amides is 2. The lowest BCUT2D eigenvalue weighted by molar-refractivity contribution is -0.143. The summed E-state index contributed by atoms with van der Waals surface area (Å²) in [5.41, 5.74) is -1.09. The molecule has 0 radical (unpaired) electrons. The first-order chi connectivity index (χ1) is 13.6. The van der Waals surface area contributed by atoms with E-state index in [1.165, 1.54) is 23.1 Å². The Hall–Kier alpha value is -2.81. The molecule has 1 heterocycles. The van der Waals surface area contributed by atoms with E-state index in [2.05, 4.69) is 5.32 Å². The van der Waals surface area contributed by atoms with Crippen LogP contribution in [0.4, 0.5) is 23.2 Å². The Morgan fingerprint density at radius 3 is 2.52 bits per heavy atom. The summed E-state index contributed by atoms with van der Waals surface area (Å²) >= 11 is 5.85. The highest BCUT2D eigenvalue weighted by molar-refractivity contribution is 6.33. The standard InChI is InChI=1S/C19H15ClF4N2O3/c20-13-6-5-12(19(22,23)24)7-15(13)25-18(28)11-8-26(9-11)17(27)10-29-16-4-2-1-3-14(16)21/h1-7,11H,8-10H2,(H,25,28). The summed E-state index contributed by atoms with van der Waals surface area (Å²) in [6, 6.07) is 8.25. The molecule has 0 aromatic heterocycles. The van der Waals surface area contributed by atoms with E-state index in [0.29, 0.717) is 0 Å². The maximum Gasteiger partial charge on any atom is 0.416 e. The Labute approximate surface area is 168 Å². The maximum absolute atomic E-state index is 13.5. The van der Waals surface area contributed by atoms with Crippen molar-refractivity contribution in [3.63, 3.8) is 0 Å². The summed E-state index contributed by atoms with van der Waals surface area (Å²) in [6.45, 7) is -0.252. The van der Waals surface area contributed by atoms with Crippen molar-refractivity contribution in [3.05, 3.63) is 58.9 Å². The lowest BCUT2D eigenvalue weighted by Crippen LogP contribution is -2.55. The molecule has 2 aromatic carbocycles. The normalized spacial score (nSPS) is 14.3. The molecule has 154 valence electrons. The predicted octanol–water partition coefficient (Wildman–Crippen LogP) is 3.97. The van der Waals surface area contributed by atoms with Crippen molar-refractivity contribution < 1.29 is 31.9 Å². The third-order valence-electron chi connectivity index (χ3n) is 4.34. The summed E-state index contributed by atoms with van der Waals surface area (Å²) in [5, 5.41) is 2.33. The molecular weight excluding hydrogens is 416 g/mol. The fourth-order valence-corrected chi connectivity index (χ4v) is 2.84. The summed E-state index contributed by atoms with van der Waals surface area (Å²) < 4.78 is 57.0. The van der Waals surface area contributed by atoms with Gasteiger partial charge in [0, 0.05) is 13.1 Å². The van der Waals surface area contributed by atoms with E-state index in [4.69, 9.17) is 16.3 Å². The first-order valence-electron chi connectivity index (χ1n) is 8.48. The predicted molar refractivity (Wildman–Crippen MR) is 97.0 cm³/mol. The number of alkyl halides is 3.